The van der Waals surface area contributed by atoms with E-state index < -0.39 is 0 Å². The van der Waals surface area contributed by atoms with Gasteiger partial charge in [-0.1, -0.05) is 44.8 Å². The van der Waals surface area contributed by atoms with Crippen LogP contribution in [0.2, 0.25) is 0 Å². The lowest BCUT2D eigenvalue weighted by molar-refractivity contribution is 0.651. The third-order valence-corrected chi connectivity index (χ3v) is 1.54. The van der Waals surface area contributed by atoms with Gasteiger partial charge in [0, 0.05) is 0 Å². The van der Waals surface area contributed by atoms with E-state index in [1.807, 2.05) is 6.08 Å². The Kier molecular flexibility index (Phi) is 8.51. The molecule has 0 bridgehead atoms. The Morgan fingerprint density at radius 2 is 1.70 bits per heavy atom. The molecule has 0 saturated heterocycles. The average Bonchev–Trinajstić information content (AvgIpc) is 1.97. The van der Waals surface area contributed by atoms with Crippen LogP contribution in [-0.2, 0) is 0 Å². The van der Waals surface area contributed by atoms with E-state index in [1.165, 1.54) is 32.1 Å². The largest absolute Gasteiger partial charge is 0.0885 e. The van der Waals surface area contributed by atoms with Crippen molar-refractivity contribution in [2.24, 2.45) is 0 Å². The number of hydrogen-bond acceptors (Lipinski definition) is 0. The fourth-order valence-corrected chi connectivity index (χ4v) is 0.910. The standard InChI is InChI=1S/C10H18/c1-3-5-7-9-10-8-6-4-2/h3,5H,1-2,4,6-10H2. The molecule has 2 radical (unpaired) electrons. The van der Waals surface area contributed by atoms with Crippen molar-refractivity contribution in [1.82, 2.24) is 0 Å². The lowest BCUT2D eigenvalue weighted by Crippen LogP contribution is -1.75. The molecule has 10 heavy (non-hydrogen) atoms. The van der Waals surface area contributed by atoms with Gasteiger partial charge < -0.3 is 0 Å². The Morgan fingerprint density at radius 1 is 1.00 bits per heavy atom. The first-order valence-corrected chi connectivity index (χ1v) is 4.15. The Morgan fingerprint density at radius 3 is 2.30 bits per heavy atom. The highest BCUT2D eigenvalue weighted by Crippen LogP contribution is 2.04. The van der Waals surface area contributed by atoms with Gasteiger partial charge in [-0.05, 0) is 19.8 Å². The summed E-state index contributed by atoms with van der Waals surface area (Å²) in [4.78, 5) is 0. The van der Waals surface area contributed by atoms with Crippen LogP contribution in [0.15, 0.2) is 12.2 Å². The molecule has 0 aromatic heterocycles. The molecule has 0 amide bonds. The van der Waals surface area contributed by atoms with E-state index in [1.54, 1.807) is 0 Å². The molecule has 0 aliphatic rings. The van der Waals surface area contributed by atoms with Gasteiger partial charge in [-0.25, -0.2) is 0 Å². The highest BCUT2D eigenvalue weighted by Gasteiger charge is 1.85. The summed E-state index contributed by atoms with van der Waals surface area (Å²) in [5.41, 5.74) is 0. The number of unbranched alkanes of at least 4 members (excludes halogenated alkanes) is 5. The first-order chi connectivity index (χ1) is 4.91. The molecule has 0 nitrogen and oxygen atoms in total. The SMILES string of the molecule is [CH2]C=CCCCCCC[CH2]. The highest BCUT2D eigenvalue weighted by molar-refractivity contribution is 4.83. The predicted molar refractivity (Wildman–Crippen MR) is 47.6 cm³/mol. The van der Waals surface area contributed by atoms with Crippen molar-refractivity contribution in [1.29, 1.82) is 0 Å². The second-order valence-corrected chi connectivity index (χ2v) is 2.53. The monoisotopic (exact) mass is 138 g/mol. The summed E-state index contributed by atoms with van der Waals surface area (Å²) in [6, 6.07) is 0. The summed E-state index contributed by atoms with van der Waals surface area (Å²) in [6.07, 6.45) is 11.6. The van der Waals surface area contributed by atoms with Crippen molar-refractivity contribution < 1.29 is 0 Å². The molecule has 0 fully saturated rings. The topological polar surface area (TPSA) is 0 Å². The molecule has 0 N–H and O–H groups in total. The van der Waals surface area contributed by atoms with Gasteiger partial charge in [-0.2, -0.15) is 0 Å². The third-order valence-electron chi connectivity index (χ3n) is 1.54. The second kappa shape index (κ2) is 8.74. The van der Waals surface area contributed by atoms with Crippen LogP contribution in [0.3, 0.4) is 0 Å². The number of hydrogen-bond donors (Lipinski definition) is 0. The van der Waals surface area contributed by atoms with Crippen LogP contribution in [0.25, 0.3) is 0 Å². The molecular formula is C10H18. The number of allylic oxidation sites excluding steroid dienone is 2. The van der Waals surface area contributed by atoms with Gasteiger partial charge >= 0.3 is 0 Å². The van der Waals surface area contributed by atoms with Gasteiger partial charge in [0.25, 0.3) is 0 Å². The summed E-state index contributed by atoms with van der Waals surface area (Å²) < 4.78 is 0. The average molecular weight is 138 g/mol. The summed E-state index contributed by atoms with van der Waals surface area (Å²) in [6.45, 7) is 7.42. The quantitative estimate of drug-likeness (QED) is 0.492. The first kappa shape index (κ1) is 9.74. The Bertz CT molecular complexity index is 72.1. The van der Waals surface area contributed by atoms with E-state index in [-0.39, 0.29) is 0 Å². The maximum Gasteiger partial charge on any atom is -0.0316 e. The Labute approximate surface area is 65.3 Å². The molecule has 0 heterocycles. The van der Waals surface area contributed by atoms with Crippen molar-refractivity contribution in [3.63, 3.8) is 0 Å². The zero-order valence-corrected chi connectivity index (χ0v) is 6.81. The van der Waals surface area contributed by atoms with Crippen LogP contribution in [0.1, 0.15) is 38.5 Å². The lowest BCUT2D eigenvalue weighted by Gasteiger charge is -1.94. The van der Waals surface area contributed by atoms with E-state index in [9.17, 15) is 0 Å². The molecule has 58 valence electrons. The van der Waals surface area contributed by atoms with Crippen molar-refractivity contribution >= 4 is 0 Å². The van der Waals surface area contributed by atoms with Crippen molar-refractivity contribution in [3.8, 4) is 0 Å². The van der Waals surface area contributed by atoms with Gasteiger partial charge in [-0.15, -0.1) is 0 Å². The molecule has 0 aromatic carbocycles. The van der Waals surface area contributed by atoms with Crippen molar-refractivity contribution in [2.75, 3.05) is 0 Å². The van der Waals surface area contributed by atoms with Gasteiger partial charge in [0.2, 0.25) is 0 Å². The molecule has 0 aliphatic heterocycles. The molecule has 0 rings (SSSR count). The van der Waals surface area contributed by atoms with Crippen LogP contribution in [0.4, 0.5) is 0 Å². The van der Waals surface area contributed by atoms with E-state index in [0.29, 0.717) is 0 Å². The maximum atomic E-state index is 3.80. The highest BCUT2D eigenvalue weighted by atomic mass is 13.9. The van der Waals surface area contributed by atoms with Crippen molar-refractivity contribution in [2.45, 2.75) is 38.5 Å². The van der Waals surface area contributed by atoms with Crippen LogP contribution < -0.4 is 0 Å². The molecule has 0 unspecified atom stereocenters. The fourth-order valence-electron chi connectivity index (χ4n) is 0.910. The van der Waals surface area contributed by atoms with E-state index in [4.69, 9.17) is 0 Å². The van der Waals surface area contributed by atoms with Gasteiger partial charge in [0.15, 0.2) is 0 Å². The fraction of sp³-hybridized carbons (Fsp3) is 0.600. The lowest BCUT2D eigenvalue weighted by atomic mass is 10.1. The maximum absolute atomic E-state index is 3.80. The Hall–Kier alpha value is -0.260. The molecule has 0 heteroatoms. The van der Waals surface area contributed by atoms with E-state index >= 15 is 0 Å². The zero-order valence-electron chi connectivity index (χ0n) is 6.81. The van der Waals surface area contributed by atoms with Crippen molar-refractivity contribution in [3.05, 3.63) is 26.0 Å². The molecule has 0 spiro atoms. The summed E-state index contributed by atoms with van der Waals surface area (Å²) in [5.74, 6) is 0. The van der Waals surface area contributed by atoms with Gasteiger partial charge in [-0.3, -0.25) is 0 Å². The van der Waals surface area contributed by atoms with Crippen LogP contribution >= 0.6 is 0 Å². The number of rotatable bonds is 6. The smallest absolute Gasteiger partial charge is 0.0316 e. The van der Waals surface area contributed by atoms with Crippen LogP contribution in [0, 0.1) is 13.8 Å². The molecule has 0 aromatic rings. The molecular weight excluding hydrogens is 120 g/mol. The second-order valence-electron chi connectivity index (χ2n) is 2.53. The zero-order chi connectivity index (χ0) is 7.66. The molecule has 0 aliphatic carbocycles. The molecule has 0 atom stereocenters. The Balaban J connectivity index is 2.77. The van der Waals surface area contributed by atoms with Crippen LogP contribution in [0.5, 0.6) is 0 Å². The summed E-state index contributed by atoms with van der Waals surface area (Å²) in [7, 11) is 0. The van der Waals surface area contributed by atoms with Gasteiger partial charge in [0.05, 0.1) is 0 Å². The van der Waals surface area contributed by atoms with E-state index in [2.05, 4.69) is 19.9 Å². The van der Waals surface area contributed by atoms with Crippen LogP contribution in [-0.4, -0.2) is 0 Å². The van der Waals surface area contributed by atoms with Gasteiger partial charge in [0.1, 0.15) is 0 Å². The predicted octanol–water partition coefficient (Wildman–Crippen LogP) is 3.55. The minimum atomic E-state index is 1.09. The summed E-state index contributed by atoms with van der Waals surface area (Å²) >= 11 is 0. The minimum absolute atomic E-state index is 1.09. The van der Waals surface area contributed by atoms with E-state index in [0.717, 1.165) is 6.42 Å². The normalized spacial score (nSPS) is 11.0. The first-order valence-electron chi connectivity index (χ1n) is 4.15. The summed E-state index contributed by atoms with van der Waals surface area (Å²) in [5, 5.41) is 0. The third kappa shape index (κ3) is 7.74. The molecule has 0 saturated carbocycles. The minimum Gasteiger partial charge on any atom is -0.0885 e.